The van der Waals surface area contributed by atoms with Gasteiger partial charge in [-0.05, 0) is 61.7 Å². The van der Waals surface area contributed by atoms with Crippen LogP contribution in [0.25, 0.3) is 0 Å². The molecule has 1 saturated carbocycles. The lowest BCUT2D eigenvalue weighted by atomic mass is 10.1. The number of amides is 2. The molecule has 6 heteroatoms. The quantitative estimate of drug-likeness (QED) is 0.659. The summed E-state index contributed by atoms with van der Waals surface area (Å²) >= 11 is 4.88. The zero-order valence-electron chi connectivity index (χ0n) is 13.8. The van der Waals surface area contributed by atoms with Crippen LogP contribution in [-0.2, 0) is 9.59 Å². The summed E-state index contributed by atoms with van der Waals surface area (Å²) in [6.45, 7) is 1.93. The second-order valence-electron chi connectivity index (χ2n) is 6.08. The van der Waals surface area contributed by atoms with Gasteiger partial charge in [-0.3, -0.25) is 9.59 Å². The average molecular weight is 419 g/mol. The number of halogens is 1. The lowest BCUT2D eigenvalue weighted by Gasteiger charge is -2.11. The van der Waals surface area contributed by atoms with Crippen LogP contribution < -0.4 is 10.6 Å². The maximum Gasteiger partial charge on any atom is 0.234 e. The van der Waals surface area contributed by atoms with Crippen molar-refractivity contribution in [1.29, 1.82) is 0 Å². The van der Waals surface area contributed by atoms with Crippen molar-refractivity contribution in [3.05, 3.63) is 52.5 Å². The van der Waals surface area contributed by atoms with Crippen molar-refractivity contribution in [1.82, 2.24) is 0 Å². The molecule has 0 radical (unpaired) electrons. The molecule has 2 aromatic carbocycles. The molecule has 0 spiro atoms. The number of rotatable bonds is 6. The fourth-order valence-electron chi connectivity index (χ4n) is 2.29. The predicted octanol–water partition coefficient (Wildman–Crippen LogP) is 4.84. The van der Waals surface area contributed by atoms with E-state index >= 15 is 0 Å². The van der Waals surface area contributed by atoms with Crippen LogP contribution in [0.15, 0.2) is 51.8 Å². The first-order chi connectivity index (χ1) is 12.0. The highest BCUT2D eigenvalue weighted by Crippen LogP contribution is 2.31. The Hall–Kier alpha value is -1.79. The van der Waals surface area contributed by atoms with Crippen LogP contribution in [0, 0.1) is 12.8 Å². The van der Waals surface area contributed by atoms with Crippen molar-refractivity contribution >= 4 is 50.9 Å². The number of thioether (sulfide) groups is 1. The molecule has 2 N–H and O–H groups in total. The summed E-state index contributed by atoms with van der Waals surface area (Å²) in [6.07, 6.45) is 1.93. The summed E-state index contributed by atoms with van der Waals surface area (Å²) in [6, 6.07) is 13.4. The highest BCUT2D eigenvalue weighted by atomic mass is 79.9. The minimum Gasteiger partial charge on any atom is -0.326 e. The Morgan fingerprint density at radius 2 is 1.84 bits per heavy atom. The third-order valence-electron chi connectivity index (χ3n) is 3.91. The van der Waals surface area contributed by atoms with Crippen LogP contribution in [0.2, 0.25) is 0 Å². The summed E-state index contributed by atoms with van der Waals surface area (Å²) in [5.74, 6) is 0.481. The van der Waals surface area contributed by atoms with Gasteiger partial charge in [-0.2, -0.15) is 0 Å². The van der Waals surface area contributed by atoms with E-state index in [1.54, 1.807) is 0 Å². The van der Waals surface area contributed by atoms with E-state index in [2.05, 4.69) is 26.6 Å². The van der Waals surface area contributed by atoms with Gasteiger partial charge >= 0.3 is 0 Å². The van der Waals surface area contributed by atoms with Gasteiger partial charge in [-0.1, -0.05) is 22.0 Å². The topological polar surface area (TPSA) is 58.2 Å². The first-order valence-corrected chi connectivity index (χ1v) is 9.89. The lowest BCUT2D eigenvalue weighted by molar-refractivity contribution is -0.117. The Balaban J connectivity index is 1.57. The smallest absolute Gasteiger partial charge is 0.234 e. The molecule has 1 aliphatic carbocycles. The molecule has 1 aliphatic rings. The Labute approximate surface area is 159 Å². The number of anilines is 2. The molecule has 0 saturated heterocycles. The van der Waals surface area contributed by atoms with Gasteiger partial charge in [0.15, 0.2) is 0 Å². The van der Waals surface area contributed by atoms with Gasteiger partial charge < -0.3 is 10.6 Å². The van der Waals surface area contributed by atoms with E-state index in [4.69, 9.17) is 0 Å². The van der Waals surface area contributed by atoms with Gasteiger partial charge in [0.2, 0.25) is 11.8 Å². The Bertz CT molecular complexity index is 789. The third-order valence-corrected chi connectivity index (χ3v) is 5.45. The molecule has 0 unspecified atom stereocenters. The van der Waals surface area contributed by atoms with Crippen LogP contribution in [0.3, 0.4) is 0 Å². The fraction of sp³-hybridized carbons (Fsp3) is 0.263. The number of benzene rings is 2. The molecule has 0 aliphatic heterocycles. The van der Waals surface area contributed by atoms with E-state index in [1.807, 2.05) is 49.4 Å². The van der Waals surface area contributed by atoms with E-state index in [9.17, 15) is 9.59 Å². The molecule has 3 rings (SSSR count). The lowest BCUT2D eigenvalue weighted by Crippen LogP contribution is -2.16. The number of nitrogens with one attached hydrogen (secondary N) is 2. The van der Waals surface area contributed by atoms with E-state index in [0.717, 1.165) is 39.1 Å². The molecule has 0 atom stereocenters. The monoisotopic (exact) mass is 418 g/mol. The Kier molecular flexibility index (Phi) is 5.81. The maximum atomic E-state index is 12.2. The number of hydrogen-bond acceptors (Lipinski definition) is 3. The van der Waals surface area contributed by atoms with Crippen molar-refractivity contribution < 1.29 is 9.59 Å². The number of carbonyl (C=O) groups excluding carboxylic acids is 2. The van der Waals surface area contributed by atoms with E-state index in [-0.39, 0.29) is 17.7 Å². The molecule has 25 heavy (non-hydrogen) atoms. The predicted molar refractivity (Wildman–Crippen MR) is 106 cm³/mol. The van der Waals surface area contributed by atoms with Crippen molar-refractivity contribution in [3.8, 4) is 0 Å². The van der Waals surface area contributed by atoms with Gasteiger partial charge in [-0.15, -0.1) is 11.8 Å². The van der Waals surface area contributed by atoms with Crippen LogP contribution in [0.1, 0.15) is 18.4 Å². The molecule has 130 valence electrons. The van der Waals surface area contributed by atoms with Crippen molar-refractivity contribution in [2.24, 2.45) is 5.92 Å². The number of aryl methyl sites for hydroxylation is 1. The first-order valence-electron chi connectivity index (χ1n) is 8.11. The molecule has 0 heterocycles. The average Bonchev–Trinajstić information content (AvgIpc) is 3.42. The van der Waals surface area contributed by atoms with Gasteiger partial charge in [0, 0.05) is 26.7 Å². The number of carbonyl (C=O) groups is 2. The summed E-state index contributed by atoms with van der Waals surface area (Å²) in [7, 11) is 0. The molecule has 0 aromatic heterocycles. The van der Waals surface area contributed by atoms with Gasteiger partial charge in [0.1, 0.15) is 0 Å². The van der Waals surface area contributed by atoms with Crippen molar-refractivity contribution in [3.63, 3.8) is 0 Å². The molecule has 4 nitrogen and oxygen atoms in total. The molecule has 0 bridgehead atoms. The van der Waals surface area contributed by atoms with E-state index in [0.29, 0.717) is 5.75 Å². The van der Waals surface area contributed by atoms with Crippen LogP contribution >= 0.6 is 27.7 Å². The van der Waals surface area contributed by atoms with Gasteiger partial charge in [0.05, 0.1) is 5.75 Å². The van der Waals surface area contributed by atoms with Crippen LogP contribution in [0.5, 0.6) is 0 Å². The highest BCUT2D eigenvalue weighted by molar-refractivity contribution is 9.10. The fourth-order valence-corrected chi connectivity index (χ4v) is 3.25. The summed E-state index contributed by atoms with van der Waals surface area (Å²) < 4.78 is 1.02. The second-order valence-corrected chi connectivity index (χ2v) is 8.05. The van der Waals surface area contributed by atoms with E-state index < -0.39 is 0 Å². The maximum absolute atomic E-state index is 12.2. The second kappa shape index (κ2) is 8.06. The standard InChI is InChI=1S/C19H19BrN2O2S/c1-12-2-7-15(21-19(24)13-3-4-13)10-17(12)22-18(23)11-25-16-8-5-14(20)6-9-16/h2,5-10,13H,3-4,11H2,1H3,(H,21,24)(H,22,23). The molecule has 2 aromatic rings. The summed E-state index contributed by atoms with van der Waals surface area (Å²) in [4.78, 5) is 25.1. The summed E-state index contributed by atoms with van der Waals surface area (Å²) in [5.41, 5.74) is 2.42. The normalized spacial score (nSPS) is 13.4. The molecular weight excluding hydrogens is 400 g/mol. The molecule has 2 amide bonds. The SMILES string of the molecule is Cc1ccc(NC(=O)C2CC2)cc1NC(=O)CSc1ccc(Br)cc1. The van der Waals surface area contributed by atoms with Crippen LogP contribution in [-0.4, -0.2) is 17.6 Å². The largest absolute Gasteiger partial charge is 0.326 e. The minimum atomic E-state index is -0.0679. The molecule has 1 fully saturated rings. The van der Waals surface area contributed by atoms with Crippen molar-refractivity contribution in [2.75, 3.05) is 16.4 Å². The van der Waals surface area contributed by atoms with Gasteiger partial charge in [0.25, 0.3) is 0 Å². The Morgan fingerprint density at radius 3 is 2.52 bits per heavy atom. The number of hydrogen-bond donors (Lipinski definition) is 2. The minimum absolute atomic E-state index is 0.0620. The first kappa shape index (κ1) is 18.0. The molecular formula is C19H19BrN2O2S. The van der Waals surface area contributed by atoms with Crippen molar-refractivity contribution in [2.45, 2.75) is 24.7 Å². The third kappa shape index (κ3) is 5.34. The highest BCUT2D eigenvalue weighted by Gasteiger charge is 2.29. The Morgan fingerprint density at radius 1 is 1.12 bits per heavy atom. The van der Waals surface area contributed by atoms with Gasteiger partial charge in [-0.25, -0.2) is 0 Å². The van der Waals surface area contributed by atoms with E-state index in [1.165, 1.54) is 11.8 Å². The van der Waals surface area contributed by atoms with Crippen LogP contribution in [0.4, 0.5) is 11.4 Å². The zero-order chi connectivity index (χ0) is 17.8. The zero-order valence-corrected chi connectivity index (χ0v) is 16.2. The summed E-state index contributed by atoms with van der Waals surface area (Å²) in [5, 5.41) is 5.84.